The maximum Gasteiger partial charge on any atom is 0.242 e. The Bertz CT molecular complexity index is 839. The molecule has 0 aliphatic heterocycles. The Morgan fingerprint density at radius 3 is 2.76 bits per heavy atom. The van der Waals surface area contributed by atoms with E-state index in [9.17, 15) is 4.79 Å². The summed E-state index contributed by atoms with van der Waals surface area (Å²) in [6.07, 6.45) is 8.92. The molecule has 0 saturated heterocycles. The van der Waals surface area contributed by atoms with Crippen LogP contribution in [-0.2, 0) is 11.8 Å². The summed E-state index contributed by atoms with van der Waals surface area (Å²) in [6.45, 7) is 1.97. The Labute approximate surface area is 146 Å². The number of nitrogens with zero attached hydrogens (tertiary/aromatic N) is 4. The van der Waals surface area contributed by atoms with Crippen molar-refractivity contribution in [3.63, 3.8) is 0 Å². The van der Waals surface area contributed by atoms with E-state index >= 15 is 0 Å². The van der Waals surface area contributed by atoms with Crippen LogP contribution in [-0.4, -0.2) is 32.3 Å². The van der Waals surface area contributed by atoms with Gasteiger partial charge in [0.15, 0.2) is 0 Å². The predicted octanol–water partition coefficient (Wildman–Crippen LogP) is 1.74. The first-order valence-corrected chi connectivity index (χ1v) is 8.13. The number of amides is 1. The fraction of sp³-hybridized carbons (Fsp3) is 0.278. The summed E-state index contributed by atoms with van der Waals surface area (Å²) < 4.78 is 3.62. The number of imidazole rings is 1. The van der Waals surface area contributed by atoms with Crippen molar-refractivity contribution < 1.29 is 4.79 Å². The highest BCUT2D eigenvalue weighted by Gasteiger charge is 2.22. The van der Waals surface area contributed by atoms with Crippen LogP contribution in [0.25, 0.3) is 5.69 Å². The second-order valence-corrected chi connectivity index (χ2v) is 5.96. The Hall–Kier alpha value is -2.93. The Balaban J connectivity index is 1.74. The SMILES string of the molecule is CNC(C(=O)NC(C)c1cccc(-n2ccnc2)c1)c1cnn(C)c1. The lowest BCUT2D eigenvalue weighted by Crippen LogP contribution is -2.37. The minimum Gasteiger partial charge on any atom is -0.348 e. The first-order valence-electron chi connectivity index (χ1n) is 8.13. The largest absolute Gasteiger partial charge is 0.348 e. The lowest BCUT2D eigenvalue weighted by Gasteiger charge is -2.20. The lowest BCUT2D eigenvalue weighted by atomic mass is 10.1. The van der Waals surface area contributed by atoms with E-state index in [0.717, 1.165) is 16.8 Å². The van der Waals surface area contributed by atoms with Crippen LogP contribution in [0.2, 0.25) is 0 Å². The van der Waals surface area contributed by atoms with Gasteiger partial charge >= 0.3 is 0 Å². The van der Waals surface area contributed by atoms with E-state index in [-0.39, 0.29) is 11.9 Å². The minimum absolute atomic E-state index is 0.0870. The Kier molecular flexibility index (Phi) is 4.95. The van der Waals surface area contributed by atoms with Crippen molar-refractivity contribution in [1.82, 2.24) is 30.0 Å². The maximum absolute atomic E-state index is 12.7. The number of nitrogens with one attached hydrogen (secondary N) is 2. The molecular weight excluding hydrogens is 316 g/mol. The first kappa shape index (κ1) is 16.9. The number of aryl methyl sites for hydroxylation is 1. The third kappa shape index (κ3) is 3.77. The van der Waals surface area contributed by atoms with Crippen molar-refractivity contribution in [1.29, 1.82) is 0 Å². The van der Waals surface area contributed by atoms with E-state index in [4.69, 9.17) is 0 Å². The van der Waals surface area contributed by atoms with Crippen molar-refractivity contribution in [2.75, 3.05) is 7.05 Å². The summed E-state index contributed by atoms with van der Waals surface area (Å²) in [5.41, 5.74) is 2.87. The summed E-state index contributed by atoms with van der Waals surface area (Å²) in [7, 11) is 3.60. The van der Waals surface area contributed by atoms with Gasteiger partial charge in [-0.15, -0.1) is 0 Å². The standard InChI is InChI=1S/C18H22N6O/c1-13(14-5-4-6-16(9-14)24-8-7-20-12-24)22-18(25)17(19-2)15-10-21-23(3)11-15/h4-13,17,19H,1-3H3,(H,22,25). The molecule has 1 amide bonds. The van der Waals surface area contributed by atoms with Crippen LogP contribution in [0.1, 0.15) is 30.1 Å². The smallest absolute Gasteiger partial charge is 0.242 e. The molecule has 2 unspecified atom stereocenters. The zero-order valence-corrected chi connectivity index (χ0v) is 14.5. The highest BCUT2D eigenvalue weighted by molar-refractivity contribution is 5.83. The molecule has 0 saturated carbocycles. The van der Waals surface area contributed by atoms with Crippen molar-refractivity contribution in [3.05, 3.63) is 66.5 Å². The minimum atomic E-state index is -0.437. The molecule has 3 rings (SSSR count). The number of hydrogen-bond donors (Lipinski definition) is 2. The molecule has 0 aliphatic rings. The zero-order chi connectivity index (χ0) is 17.8. The van der Waals surface area contributed by atoms with Gasteiger partial charge in [0.05, 0.1) is 18.6 Å². The summed E-state index contributed by atoms with van der Waals surface area (Å²) >= 11 is 0. The van der Waals surface area contributed by atoms with Crippen LogP contribution < -0.4 is 10.6 Å². The van der Waals surface area contributed by atoms with Crippen molar-refractivity contribution in [2.24, 2.45) is 7.05 Å². The predicted molar refractivity (Wildman–Crippen MR) is 95.1 cm³/mol. The Morgan fingerprint density at radius 2 is 2.12 bits per heavy atom. The molecule has 7 heteroatoms. The normalized spacial score (nSPS) is 13.4. The van der Waals surface area contributed by atoms with Crippen LogP contribution in [0, 0.1) is 0 Å². The van der Waals surface area contributed by atoms with Gasteiger partial charge in [-0.2, -0.15) is 5.10 Å². The second kappa shape index (κ2) is 7.31. The average molecular weight is 338 g/mol. The fourth-order valence-corrected chi connectivity index (χ4v) is 2.78. The quantitative estimate of drug-likeness (QED) is 0.718. The molecular formula is C18H22N6O. The van der Waals surface area contributed by atoms with Gasteiger partial charge in [-0.1, -0.05) is 12.1 Å². The van der Waals surface area contributed by atoms with Gasteiger partial charge in [-0.3, -0.25) is 9.48 Å². The number of carbonyl (C=O) groups is 1. The number of aromatic nitrogens is 4. The molecule has 25 heavy (non-hydrogen) atoms. The first-order chi connectivity index (χ1) is 12.1. The third-order valence-electron chi connectivity index (χ3n) is 4.14. The van der Waals surface area contributed by atoms with Crippen molar-refractivity contribution in [3.8, 4) is 5.69 Å². The van der Waals surface area contributed by atoms with Crippen LogP contribution >= 0.6 is 0 Å². The average Bonchev–Trinajstić information content (AvgIpc) is 3.28. The maximum atomic E-state index is 12.7. The van der Waals surface area contributed by atoms with Crippen LogP contribution in [0.5, 0.6) is 0 Å². The molecule has 0 radical (unpaired) electrons. The number of hydrogen-bond acceptors (Lipinski definition) is 4. The van der Waals surface area contributed by atoms with Gasteiger partial charge in [-0.05, 0) is 31.7 Å². The molecule has 0 aliphatic carbocycles. The molecule has 2 N–H and O–H groups in total. The lowest BCUT2D eigenvalue weighted by molar-refractivity contribution is -0.123. The fourth-order valence-electron chi connectivity index (χ4n) is 2.78. The molecule has 0 spiro atoms. The third-order valence-corrected chi connectivity index (χ3v) is 4.14. The molecule has 1 aromatic carbocycles. The molecule has 0 bridgehead atoms. The van der Waals surface area contributed by atoms with E-state index < -0.39 is 6.04 Å². The summed E-state index contributed by atoms with van der Waals surface area (Å²) in [5, 5.41) is 10.2. The molecule has 7 nitrogen and oxygen atoms in total. The van der Waals surface area contributed by atoms with Gasteiger partial charge in [0.25, 0.3) is 0 Å². The molecule has 2 heterocycles. The summed E-state index contributed by atoms with van der Waals surface area (Å²) in [6, 6.07) is 7.47. The van der Waals surface area contributed by atoms with E-state index in [0.29, 0.717) is 0 Å². The number of benzene rings is 1. The van der Waals surface area contributed by atoms with E-state index in [1.165, 1.54) is 0 Å². The highest BCUT2D eigenvalue weighted by Crippen LogP contribution is 2.19. The van der Waals surface area contributed by atoms with E-state index in [1.54, 1.807) is 30.5 Å². The highest BCUT2D eigenvalue weighted by atomic mass is 16.2. The van der Waals surface area contributed by atoms with Crippen LogP contribution in [0.3, 0.4) is 0 Å². The van der Waals surface area contributed by atoms with Crippen molar-refractivity contribution in [2.45, 2.75) is 19.0 Å². The van der Waals surface area contributed by atoms with Gasteiger partial charge in [0, 0.05) is 36.9 Å². The monoisotopic (exact) mass is 338 g/mol. The molecule has 2 aromatic heterocycles. The summed E-state index contributed by atoms with van der Waals surface area (Å²) in [5.74, 6) is -0.0870. The molecule has 130 valence electrons. The number of rotatable bonds is 6. The molecule has 0 fully saturated rings. The molecule has 2 atom stereocenters. The van der Waals surface area contributed by atoms with Gasteiger partial charge in [-0.25, -0.2) is 4.98 Å². The second-order valence-electron chi connectivity index (χ2n) is 5.96. The van der Waals surface area contributed by atoms with Gasteiger partial charge in [0.2, 0.25) is 5.91 Å². The van der Waals surface area contributed by atoms with Crippen molar-refractivity contribution >= 4 is 5.91 Å². The Morgan fingerprint density at radius 1 is 1.28 bits per heavy atom. The van der Waals surface area contributed by atoms with Crippen LogP contribution in [0.15, 0.2) is 55.4 Å². The van der Waals surface area contributed by atoms with Gasteiger partial charge in [0.1, 0.15) is 6.04 Å². The number of carbonyl (C=O) groups excluding carboxylic acids is 1. The van der Waals surface area contributed by atoms with Gasteiger partial charge < -0.3 is 15.2 Å². The van der Waals surface area contributed by atoms with E-state index in [2.05, 4.69) is 20.7 Å². The molecule has 3 aromatic rings. The summed E-state index contributed by atoms with van der Waals surface area (Å²) in [4.78, 5) is 16.7. The van der Waals surface area contributed by atoms with Crippen LogP contribution in [0.4, 0.5) is 0 Å². The van der Waals surface area contributed by atoms with E-state index in [1.807, 2.05) is 55.2 Å². The zero-order valence-electron chi connectivity index (χ0n) is 14.5. The topological polar surface area (TPSA) is 76.8 Å². The number of likely N-dealkylation sites (N-methyl/N-ethyl adjacent to an activating group) is 1.